The molecule has 0 spiro atoms. The van der Waals surface area contributed by atoms with Crippen LogP contribution in [0, 0.1) is 5.92 Å². The highest BCUT2D eigenvalue weighted by molar-refractivity contribution is 7.17. The molecule has 0 radical (unpaired) electrons. The Morgan fingerprint density at radius 2 is 2.08 bits per heavy atom. The van der Waals surface area contributed by atoms with Crippen molar-refractivity contribution in [3.8, 4) is 5.75 Å². The van der Waals surface area contributed by atoms with E-state index in [0.29, 0.717) is 22.2 Å². The van der Waals surface area contributed by atoms with Crippen molar-refractivity contribution >= 4 is 28.2 Å². The number of hydrogen-bond donors (Lipinski definition) is 2. The van der Waals surface area contributed by atoms with Crippen molar-refractivity contribution in [2.45, 2.75) is 26.2 Å². The average Bonchev–Trinajstić information content (AvgIpc) is 2.91. The van der Waals surface area contributed by atoms with E-state index in [-0.39, 0.29) is 11.5 Å². The number of aromatic carboxylic acids is 1. The van der Waals surface area contributed by atoms with Crippen molar-refractivity contribution in [3.63, 3.8) is 0 Å². The van der Waals surface area contributed by atoms with Gasteiger partial charge in [-0.25, -0.2) is 4.79 Å². The highest BCUT2D eigenvalue weighted by Crippen LogP contribution is 2.40. The Balaban J connectivity index is 1.95. The van der Waals surface area contributed by atoms with E-state index in [1.165, 1.54) is 18.4 Å². The molecular formula is C18H19NO4S. The quantitative estimate of drug-likeness (QED) is 0.883. The number of benzene rings is 1. The molecule has 24 heavy (non-hydrogen) atoms. The standard InChI is InChI=1S/C18H19NO4S/c1-10-7-8-12-14(9-10)24-17(15(12)18(21)22)19-16(20)11-5-3-4-6-13(11)23-2/h3-6,10H,7-9H2,1-2H3,(H,19,20)(H,21,22). The van der Waals surface area contributed by atoms with E-state index >= 15 is 0 Å². The number of rotatable bonds is 4. The summed E-state index contributed by atoms with van der Waals surface area (Å²) in [6.07, 6.45) is 2.59. The van der Waals surface area contributed by atoms with Crippen LogP contribution in [0.2, 0.25) is 0 Å². The highest BCUT2D eigenvalue weighted by atomic mass is 32.1. The zero-order chi connectivity index (χ0) is 17.3. The molecule has 1 heterocycles. The van der Waals surface area contributed by atoms with Crippen molar-refractivity contribution < 1.29 is 19.4 Å². The molecule has 1 aliphatic rings. The summed E-state index contributed by atoms with van der Waals surface area (Å²) in [6, 6.07) is 6.89. The predicted molar refractivity (Wildman–Crippen MR) is 93.4 cm³/mol. The van der Waals surface area contributed by atoms with E-state index in [1.807, 2.05) is 0 Å². The Bertz CT molecular complexity index is 796. The van der Waals surface area contributed by atoms with Gasteiger partial charge in [-0.1, -0.05) is 19.1 Å². The Kier molecular flexibility index (Phi) is 4.57. The van der Waals surface area contributed by atoms with Gasteiger partial charge in [0.15, 0.2) is 0 Å². The first-order chi connectivity index (χ1) is 11.5. The van der Waals surface area contributed by atoms with Crippen LogP contribution in [0.15, 0.2) is 24.3 Å². The van der Waals surface area contributed by atoms with Crippen LogP contribution < -0.4 is 10.1 Å². The van der Waals surface area contributed by atoms with Crippen LogP contribution in [0.1, 0.15) is 44.5 Å². The van der Waals surface area contributed by atoms with E-state index in [4.69, 9.17) is 4.74 Å². The lowest BCUT2D eigenvalue weighted by atomic mass is 9.88. The van der Waals surface area contributed by atoms with E-state index in [9.17, 15) is 14.7 Å². The first-order valence-electron chi connectivity index (χ1n) is 7.83. The smallest absolute Gasteiger partial charge is 0.339 e. The third-order valence-electron chi connectivity index (χ3n) is 4.30. The molecule has 0 saturated carbocycles. The van der Waals surface area contributed by atoms with Gasteiger partial charge in [-0.2, -0.15) is 0 Å². The van der Waals surface area contributed by atoms with Crippen molar-refractivity contribution in [2.75, 3.05) is 12.4 Å². The summed E-state index contributed by atoms with van der Waals surface area (Å²) >= 11 is 1.38. The van der Waals surface area contributed by atoms with Gasteiger partial charge in [0.05, 0.1) is 18.2 Å². The maximum Gasteiger partial charge on any atom is 0.339 e. The van der Waals surface area contributed by atoms with Gasteiger partial charge in [-0.15, -0.1) is 11.3 Å². The van der Waals surface area contributed by atoms with Crippen molar-refractivity contribution in [1.82, 2.24) is 0 Å². The van der Waals surface area contributed by atoms with Gasteiger partial charge < -0.3 is 15.2 Å². The fourth-order valence-electron chi connectivity index (χ4n) is 3.07. The third-order valence-corrected chi connectivity index (χ3v) is 5.47. The molecule has 1 aromatic heterocycles. The normalized spacial score (nSPS) is 16.3. The maximum absolute atomic E-state index is 12.6. The number of carboxylic acids is 1. The summed E-state index contributed by atoms with van der Waals surface area (Å²) in [4.78, 5) is 25.3. The summed E-state index contributed by atoms with van der Waals surface area (Å²) in [6.45, 7) is 2.16. The second kappa shape index (κ2) is 6.65. The van der Waals surface area contributed by atoms with E-state index in [2.05, 4.69) is 12.2 Å². The number of carboxylic acid groups (broad SMARTS) is 1. The van der Waals surface area contributed by atoms with Crippen LogP contribution in [-0.2, 0) is 12.8 Å². The molecule has 1 aromatic carbocycles. The summed E-state index contributed by atoms with van der Waals surface area (Å²) < 4.78 is 5.20. The number of amides is 1. The zero-order valence-corrected chi connectivity index (χ0v) is 14.4. The number of ether oxygens (including phenoxy) is 1. The number of hydrogen-bond acceptors (Lipinski definition) is 4. The molecule has 1 atom stereocenters. The van der Waals surface area contributed by atoms with Gasteiger partial charge in [0, 0.05) is 4.88 Å². The van der Waals surface area contributed by atoms with Gasteiger partial charge in [0.25, 0.3) is 5.91 Å². The first-order valence-corrected chi connectivity index (χ1v) is 8.65. The van der Waals surface area contributed by atoms with E-state index in [1.54, 1.807) is 24.3 Å². The number of fused-ring (bicyclic) bond motifs is 1. The summed E-state index contributed by atoms with van der Waals surface area (Å²) in [5, 5.41) is 12.8. The molecule has 6 heteroatoms. The number of anilines is 1. The third kappa shape index (κ3) is 3.01. The zero-order valence-electron chi connectivity index (χ0n) is 13.6. The SMILES string of the molecule is COc1ccccc1C(=O)Nc1sc2c(c1C(=O)O)CCC(C)C2. The molecule has 0 bridgehead atoms. The highest BCUT2D eigenvalue weighted by Gasteiger charge is 2.28. The topological polar surface area (TPSA) is 75.6 Å². The molecule has 0 saturated heterocycles. The molecule has 0 aliphatic heterocycles. The lowest BCUT2D eigenvalue weighted by Gasteiger charge is -2.17. The molecule has 2 aromatic rings. The van der Waals surface area contributed by atoms with Crippen LogP contribution in [0.3, 0.4) is 0 Å². The van der Waals surface area contributed by atoms with Gasteiger partial charge in [-0.3, -0.25) is 4.79 Å². The number of methoxy groups -OCH3 is 1. The summed E-state index contributed by atoms with van der Waals surface area (Å²) in [5.74, 6) is -0.351. The number of para-hydroxylation sites is 1. The summed E-state index contributed by atoms with van der Waals surface area (Å²) in [7, 11) is 1.50. The second-order valence-electron chi connectivity index (χ2n) is 6.02. The first kappa shape index (κ1) is 16.5. The van der Waals surface area contributed by atoms with Crippen LogP contribution in [0.5, 0.6) is 5.75 Å². The monoisotopic (exact) mass is 345 g/mol. The number of carbonyl (C=O) groups excluding carboxylic acids is 1. The number of carbonyl (C=O) groups is 2. The minimum Gasteiger partial charge on any atom is -0.496 e. The molecule has 0 fully saturated rings. The lowest BCUT2D eigenvalue weighted by molar-refractivity contribution is 0.0697. The minimum absolute atomic E-state index is 0.241. The Hall–Kier alpha value is -2.34. The maximum atomic E-state index is 12.6. The number of nitrogens with one attached hydrogen (secondary N) is 1. The lowest BCUT2D eigenvalue weighted by Crippen LogP contribution is -2.15. The molecule has 1 unspecified atom stereocenters. The van der Waals surface area contributed by atoms with Crippen LogP contribution in [0.4, 0.5) is 5.00 Å². The molecule has 3 rings (SSSR count). The largest absolute Gasteiger partial charge is 0.496 e. The fraction of sp³-hybridized carbons (Fsp3) is 0.333. The van der Waals surface area contributed by atoms with Crippen LogP contribution in [0.25, 0.3) is 0 Å². The molecule has 5 nitrogen and oxygen atoms in total. The second-order valence-corrected chi connectivity index (χ2v) is 7.12. The molecule has 2 N–H and O–H groups in total. The molecular weight excluding hydrogens is 326 g/mol. The fourth-order valence-corrected chi connectivity index (χ4v) is 4.47. The molecule has 1 aliphatic carbocycles. The number of thiophene rings is 1. The predicted octanol–water partition coefficient (Wildman–Crippen LogP) is 3.83. The molecule has 1 amide bonds. The Morgan fingerprint density at radius 1 is 1.33 bits per heavy atom. The summed E-state index contributed by atoms with van der Waals surface area (Å²) in [5.41, 5.74) is 1.50. The average molecular weight is 345 g/mol. The minimum atomic E-state index is -0.989. The van der Waals surface area contributed by atoms with Gasteiger partial charge in [0.2, 0.25) is 0 Å². The van der Waals surface area contributed by atoms with E-state index < -0.39 is 5.97 Å². The van der Waals surface area contributed by atoms with Gasteiger partial charge >= 0.3 is 5.97 Å². The van der Waals surface area contributed by atoms with Crippen molar-refractivity contribution in [2.24, 2.45) is 5.92 Å². The Morgan fingerprint density at radius 3 is 2.79 bits per heavy atom. The van der Waals surface area contributed by atoms with Crippen LogP contribution >= 0.6 is 11.3 Å². The van der Waals surface area contributed by atoms with Crippen LogP contribution in [-0.4, -0.2) is 24.1 Å². The van der Waals surface area contributed by atoms with E-state index in [0.717, 1.165) is 29.7 Å². The van der Waals surface area contributed by atoms with Gasteiger partial charge in [0.1, 0.15) is 10.8 Å². The Labute approximate surface area is 144 Å². The van der Waals surface area contributed by atoms with Gasteiger partial charge in [-0.05, 0) is 42.9 Å². The van der Waals surface area contributed by atoms with Crippen molar-refractivity contribution in [1.29, 1.82) is 0 Å². The molecule has 126 valence electrons. The van der Waals surface area contributed by atoms with Crippen molar-refractivity contribution in [3.05, 3.63) is 45.8 Å².